The molecule has 1 rings (SSSR count). The highest BCUT2D eigenvalue weighted by Crippen LogP contribution is 2.14. The van der Waals surface area contributed by atoms with Gasteiger partial charge in [0.05, 0.1) is 0 Å². The predicted octanol–water partition coefficient (Wildman–Crippen LogP) is 6.84. The molecule has 0 aliphatic rings. The molecule has 18 heavy (non-hydrogen) atoms. The van der Waals surface area contributed by atoms with Crippen LogP contribution in [0.1, 0.15) is 58.6 Å². The number of hydrogen-bond acceptors (Lipinski definition) is 0. The van der Waals surface area contributed by atoms with Crippen molar-refractivity contribution in [2.24, 2.45) is 0 Å². The van der Waals surface area contributed by atoms with Gasteiger partial charge in [0.15, 0.2) is 0 Å². The first-order valence-electron chi connectivity index (χ1n) is 6.71. The standard InChI is InChI=1S/C8H9Br.C5H10.C4H10/c1-6-3-4-8(9)5-7(6)2;1-4-5(2)3;1-3-4-2/h3-5H,1-2H3;4H,1-3H3;3-4H2,1-2H3. The van der Waals surface area contributed by atoms with Crippen molar-refractivity contribution in [1.29, 1.82) is 0 Å². The van der Waals surface area contributed by atoms with Gasteiger partial charge in [0, 0.05) is 4.47 Å². The molecule has 0 amide bonds. The van der Waals surface area contributed by atoms with Gasteiger partial charge in [-0.25, -0.2) is 0 Å². The van der Waals surface area contributed by atoms with Gasteiger partial charge in [-0.2, -0.15) is 0 Å². The molecule has 0 bridgehead atoms. The summed E-state index contributed by atoms with van der Waals surface area (Å²) < 4.78 is 1.16. The number of benzene rings is 1. The van der Waals surface area contributed by atoms with Crippen LogP contribution in [0.2, 0.25) is 0 Å². The van der Waals surface area contributed by atoms with E-state index < -0.39 is 0 Å². The SMILES string of the molecule is CC=C(C)C.CCCC.Cc1ccc(Br)cc1C. The van der Waals surface area contributed by atoms with Crippen LogP contribution in [0.4, 0.5) is 0 Å². The van der Waals surface area contributed by atoms with E-state index in [-0.39, 0.29) is 0 Å². The van der Waals surface area contributed by atoms with Crippen LogP contribution in [0.3, 0.4) is 0 Å². The number of allylic oxidation sites excluding steroid dienone is 2. The zero-order valence-corrected chi connectivity index (χ0v) is 14.7. The molecule has 1 aromatic carbocycles. The van der Waals surface area contributed by atoms with Crippen LogP contribution >= 0.6 is 15.9 Å². The molecule has 1 heteroatoms. The topological polar surface area (TPSA) is 0 Å². The lowest BCUT2D eigenvalue weighted by Gasteiger charge is -1.97. The highest BCUT2D eigenvalue weighted by atomic mass is 79.9. The minimum atomic E-state index is 1.16. The lowest BCUT2D eigenvalue weighted by Crippen LogP contribution is -1.77. The zero-order chi connectivity index (χ0) is 14.6. The van der Waals surface area contributed by atoms with Crippen molar-refractivity contribution in [1.82, 2.24) is 0 Å². The number of halogens is 1. The summed E-state index contributed by atoms with van der Waals surface area (Å²) in [5.41, 5.74) is 4.06. The van der Waals surface area contributed by atoms with Gasteiger partial charge in [-0.1, -0.05) is 60.3 Å². The normalized spacial score (nSPS) is 8.44. The fourth-order valence-corrected chi connectivity index (χ4v) is 1.18. The minimum Gasteiger partial charge on any atom is -0.0890 e. The van der Waals surface area contributed by atoms with Crippen LogP contribution in [-0.2, 0) is 0 Å². The van der Waals surface area contributed by atoms with E-state index in [9.17, 15) is 0 Å². The second kappa shape index (κ2) is 12.9. The van der Waals surface area contributed by atoms with Crippen molar-refractivity contribution in [3.05, 3.63) is 45.4 Å². The molecule has 0 radical (unpaired) electrons. The average molecular weight is 313 g/mol. The molecule has 0 nitrogen and oxygen atoms in total. The second-order valence-electron chi connectivity index (χ2n) is 4.59. The van der Waals surface area contributed by atoms with Gasteiger partial charge in [0.1, 0.15) is 0 Å². The van der Waals surface area contributed by atoms with Gasteiger partial charge in [0.2, 0.25) is 0 Å². The fourth-order valence-electron chi connectivity index (χ4n) is 0.705. The van der Waals surface area contributed by atoms with Gasteiger partial charge in [0.25, 0.3) is 0 Å². The predicted molar refractivity (Wildman–Crippen MR) is 89.3 cm³/mol. The third kappa shape index (κ3) is 13.5. The van der Waals surface area contributed by atoms with Crippen LogP contribution in [0.25, 0.3) is 0 Å². The van der Waals surface area contributed by atoms with E-state index in [1.54, 1.807) is 0 Å². The summed E-state index contributed by atoms with van der Waals surface area (Å²) in [4.78, 5) is 0. The van der Waals surface area contributed by atoms with Crippen LogP contribution in [0, 0.1) is 13.8 Å². The molecule has 0 aromatic heterocycles. The van der Waals surface area contributed by atoms with Gasteiger partial charge in [-0.15, -0.1) is 0 Å². The van der Waals surface area contributed by atoms with E-state index in [0.29, 0.717) is 0 Å². The Kier molecular flexibility index (Phi) is 14.2. The van der Waals surface area contributed by atoms with E-state index in [1.165, 1.54) is 29.5 Å². The summed E-state index contributed by atoms with van der Waals surface area (Å²) in [6.45, 7) is 14.8. The number of hydrogen-bond donors (Lipinski definition) is 0. The Hall–Kier alpha value is -0.560. The Morgan fingerprint density at radius 3 is 1.72 bits per heavy atom. The van der Waals surface area contributed by atoms with Gasteiger partial charge < -0.3 is 0 Å². The van der Waals surface area contributed by atoms with Gasteiger partial charge in [-0.3, -0.25) is 0 Å². The summed E-state index contributed by atoms with van der Waals surface area (Å²) in [5, 5.41) is 0. The Bertz CT molecular complexity index is 331. The van der Waals surface area contributed by atoms with Crippen LogP contribution in [0.5, 0.6) is 0 Å². The lowest BCUT2D eigenvalue weighted by molar-refractivity contribution is 0.886. The van der Waals surface area contributed by atoms with E-state index in [0.717, 1.165) is 4.47 Å². The molecule has 104 valence electrons. The summed E-state index contributed by atoms with van der Waals surface area (Å²) >= 11 is 3.40. The van der Waals surface area contributed by atoms with Crippen molar-refractivity contribution in [3.63, 3.8) is 0 Å². The van der Waals surface area contributed by atoms with Crippen molar-refractivity contribution in [2.45, 2.75) is 61.3 Å². The molecule has 0 atom stereocenters. The van der Waals surface area contributed by atoms with Gasteiger partial charge >= 0.3 is 0 Å². The molecule has 0 spiro atoms. The lowest BCUT2D eigenvalue weighted by atomic mass is 10.1. The molecule has 0 fully saturated rings. The van der Waals surface area contributed by atoms with E-state index in [2.05, 4.69) is 81.7 Å². The third-order valence-corrected chi connectivity index (χ3v) is 3.04. The fraction of sp³-hybridized carbons (Fsp3) is 0.529. The molecule has 0 aliphatic heterocycles. The van der Waals surface area contributed by atoms with Crippen LogP contribution < -0.4 is 0 Å². The molecule has 1 aromatic rings. The van der Waals surface area contributed by atoms with Gasteiger partial charge in [-0.05, 0) is 57.9 Å². The first-order valence-corrected chi connectivity index (χ1v) is 7.50. The molecule has 0 heterocycles. The minimum absolute atomic E-state index is 1.16. The molecule has 0 saturated carbocycles. The quantitative estimate of drug-likeness (QED) is 0.498. The summed E-state index contributed by atoms with van der Waals surface area (Å²) in [7, 11) is 0. The van der Waals surface area contributed by atoms with Crippen LogP contribution in [0.15, 0.2) is 34.3 Å². The monoisotopic (exact) mass is 312 g/mol. The molecular formula is C17H29Br. The Labute approximate surface area is 123 Å². The maximum atomic E-state index is 3.40. The van der Waals surface area contributed by atoms with Crippen molar-refractivity contribution >= 4 is 15.9 Å². The first kappa shape index (κ1) is 19.8. The number of unbranched alkanes of at least 4 members (excludes halogenated alkanes) is 1. The third-order valence-electron chi connectivity index (χ3n) is 2.55. The molecular weight excluding hydrogens is 284 g/mol. The molecule has 0 N–H and O–H groups in total. The Morgan fingerprint density at radius 1 is 1.06 bits per heavy atom. The summed E-state index contributed by atoms with van der Waals surface area (Å²) in [6.07, 6.45) is 4.72. The smallest absolute Gasteiger partial charge is 0.0178 e. The van der Waals surface area contributed by atoms with Crippen molar-refractivity contribution < 1.29 is 0 Å². The Balaban J connectivity index is 0. The van der Waals surface area contributed by atoms with Crippen LogP contribution in [-0.4, -0.2) is 0 Å². The highest BCUT2D eigenvalue weighted by molar-refractivity contribution is 9.10. The van der Waals surface area contributed by atoms with E-state index in [4.69, 9.17) is 0 Å². The second-order valence-corrected chi connectivity index (χ2v) is 5.51. The highest BCUT2D eigenvalue weighted by Gasteiger charge is 1.90. The average Bonchev–Trinajstić information content (AvgIpc) is 2.35. The zero-order valence-electron chi connectivity index (χ0n) is 13.1. The molecule has 0 saturated heterocycles. The van der Waals surface area contributed by atoms with E-state index in [1.807, 2.05) is 6.92 Å². The Morgan fingerprint density at radius 2 is 1.50 bits per heavy atom. The van der Waals surface area contributed by atoms with E-state index >= 15 is 0 Å². The summed E-state index contributed by atoms with van der Waals surface area (Å²) in [5.74, 6) is 0. The molecule has 0 unspecified atom stereocenters. The number of aryl methyl sites for hydroxylation is 2. The maximum absolute atomic E-state index is 3.40. The molecule has 0 aliphatic carbocycles. The maximum Gasteiger partial charge on any atom is 0.0178 e. The summed E-state index contributed by atoms with van der Waals surface area (Å²) in [6, 6.07) is 6.29. The number of rotatable bonds is 1. The largest absolute Gasteiger partial charge is 0.0890 e. The van der Waals surface area contributed by atoms with Crippen molar-refractivity contribution in [3.8, 4) is 0 Å². The first-order chi connectivity index (χ1) is 8.38. The van der Waals surface area contributed by atoms with Crippen molar-refractivity contribution in [2.75, 3.05) is 0 Å².